The molecule has 0 fully saturated rings. The quantitative estimate of drug-likeness (QED) is 0.699. The summed E-state index contributed by atoms with van der Waals surface area (Å²) in [5.74, 6) is -0.225. The zero-order valence-electron chi connectivity index (χ0n) is 7.67. The maximum absolute atomic E-state index is 13.5. The summed E-state index contributed by atoms with van der Waals surface area (Å²) >= 11 is 1.36. The van der Waals surface area contributed by atoms with Crippen LogP contribution in [0.2, 0.25) is 0 Å². The van der Waals surface area contributed by atoms with Gasteiger partial charge in [0.2, 0.25) is 0 Å². The van der Waals surface area contributed by atoms with Crippen molar-refractivity contribution in [1.29, 1.82) is 5.26 Å². The lowest BCUT2D eigenvalue weighted by atomic mass is 10.1. The molecule has 0 atom stereocenters. The van der Waals surface area contributed by atoms with E-state index in [-0.39, 0.29) is 5.82 Å². The second kappa shape index (κ2) is 3.39. The van der Waals surface area contributed by atoms with Gasteiger partial charge in [-0.05, 0) is 24.1 Å². The van der Waals surface area contributed by atoms with Crippen LogP contribution >= 0.6 is 11.3 Å². The summed E-state index contributed by atoms with van der Waals surface area (Å²) in [7, 11) is 0. The van der Waals surface area contributed by atoms with Gasteiger partial charge < -0.3 is 0 Å². The van der Waals surface area contributed by atoms with E-state index < -0.39 is 0 Å². The molecule has 14 heavy (non-hydrogen) atoms. The second-order valence-electron chi connectivity index (χ2n) is 2.99. The van der Waals surface area contributed by atoms with Gasteiger partial charge in [-0.3, -0.25) is 0 Å². The van der Waals surface area contributed by atoms with E-state index >= 15 is 0 Å². The average molecular weight is 205 g/mol. The van der Waals surface area contributed by atoms with Crippen LogP contribution in [0.25, 0.3) is 10.1 Å². The van der Waals surface area contributed by atoms with Gasteiger partial charge in [-0.1, -0.05) is 13.0 Å². The highest BCUT2D eigenvalue weighted by Gasteiger charge is 2.13. The number of thiophene rings is 1. The lowest BCUT2D eigenvalue weighted by molar-refractivity contribution is 0.639. The predicted octanol–water partition coefficient (Wildman–Crippen LogP) is 3.47. The van der Waals surface area contributed by atoms with E-state index in [1.165, 1.54) is 17.4 Å². The van der Waals surface area contributed by atoms with Crippen molar-refractivity contribution >= 4 is 21.4 Å². The number of hydrogen-bond donors (Lipinski definition) is 0. The molecule has 0 saturated carbocycles. The molecule has 0 bridgehead atoms. The topological polar surface area (TPSA) is 23.8 Å². The van der Waals surface area contributed by atoms with Crippen LogP contribution in [-0.2, 0) is 6.42 Å². The summed E-state index contributed by atoms with van der Waals surface area (Å²) in [5, 5.41) is 9.50. The van der Waals surface area contributed by atoms with Crippen molar-refractivity contribution in [3.05, 3.63) is 34.5 Å². The maximum Gasteiger partial charge on any atom is 0.132 e. The smallest absolute Gasteiger partial charge is 0.132 e. The lowest BCUT2D eigenvalue weighted by Gasteiger charge is -1.95. The number of hydrogen-bond acceptors (Lipinski definition) is 2. The number of halogens is 1. The summed E-state index contributed by atoms with van der Waals surface area (Å²) in [6.45, 7) is 1.94. The van der Waals surface area contributed by atoms with Gasteiger partial charge in [-0.25, -0.2) is 4.39 Å². The van der Waals surface area contributed by atoms with Crippen molar-refractivity contribution in [2.45, 2.75) is 13.3 Å². The van der Waals surface area contributed by atoms with E-state index in [4.69, 9.17) is 5.26 Å². The van der Waals surface area contributed by atoms with Crippen LogP contribution in [0.4, 0.5) is 4.39 Å². The molecule has 0 radical (unpaired) electrons. The van der Waals surface area contributed by atoms with Crippen molar-refractivity contribution in [2.24, 2.45) is 0 Å². The average Bonchev–Trinajstić information content (AvgIpc) is 2.56. The SMILES string of the molecule is CCc1c(C#N)sc2cccc(F)c12. The van der Waals surface area contributed by atoms with Gasteiger partial charge in [0.15, 0.2) is 0 Å². The molecule has 0 aliphatic carbocycles. The standard InChI is InChI=1S/C11H8FNS/c1-2-7-10(6-13)14-9-5-3-4-8(12)11(7)9/h3-5H,2H2,1H3. The van der Waals surface area contributed by atoms with Crippen LogP contribution in [0, 0.1) is 17.1 Å². The monoisotopic (exact) mass is 205 g/mol. The predicted molar refractivity (Wildman–Crippen MR) is 55.9 cm³/mol. The Hall–Kier alpha value is -1.40. The van der Waals surface area contributed by atoms with Gasteiger partial charge in [0.1, 0.15) is 16.8 Å². The normalized spacial score (nSPS) is 10.4. The van der Waals surface area contributed by atoms with Gasteiger partial charge in [0.25, 0.3) is 0 Å². The Morgan fingerprint density at radius 3 is 2.93 bits per heavy atom. The van der Waals surface area contributed by atoms with Crippen molar-refractivity contribution in [1.82, 2.24) is 0 Å². The van der Waals surface area contributed by atoms with Gasteiger partial charge >= 0.3 is 0 Å². The van der Waals surface area contributed by atoms with E-state index in [0.717, 1.165) is 10.3 Å². The van der Waals surface area contributed by atoms with E-state index in [1.807, 2.05) is 13.0 Å². The molecule has 0 unspecified atom stereocenters. The molecule has 0 N–H and O–H groups in total. The number of aryl methyl sites for hydroxylation is 1. The van der Waals surface area contributed by atoms with Crippen LogP contribution in [0.3, 0.4) is 0 Å². The summed E-state index contributed by atoms with van der Waals surface area (Å²) in [4.78, 5) is 0.632. The Bertz CT molecular complexity index is 522. The fraction of sp³-hybridized carbons (Fsp3) is 0.182. The minimum absolute atomic E-state index is 0.225. The van der Waals surface area contributed by atoms with Crippen molar-refractivity contribution in [2.75, 3.05) is 0 Å². The minimum atomic E-state index is -0.225. The third-order valence-electron chi connectivity index (χ3n) is 2.22. The molecule has 0 aliphatic rings. The molecule has 0 amide bonds. The Kier molecular flexibility index (Phi) is 2.22. The Morgan fingerprint density at radius 2 is 2.29 bits per heavy atom. The second-order valence-corrected chi connectivity index (χ2v) is 4.04. The summed E-state index contributed by atoms with van der Waals surface area (Å²) in [5.41, 5.74) is 0.839. The maximum atomic E-state index is 13.5. The zero-order valence-corrected chi connectivity index (χ0v) is 8.49. The summed E-state index contributed by atoms with van der Waals surface area (Å²) in [6.07, 6.45) is 0.698. The Labute approximate surface area is 85.4 Å². The molecule has 3 heteroatoms. The zero-order chi connectivity index (χ0) is 10.1. The van der Waals surface area contributed by atoms with Crippen molar-refractivity contribution < 1.29 is 4.39 Å². The van der Waals surface area contributed by atoms with Gasteiger partial charge in [-0.2, -0.15) is 5.26 Å². The van der Waals surface area contributed by atoms with E-state index in [2.05, 4.69) is 6.07 Å². The van der Waals surface area contributed by atoms with Crippen molar-refractivity contribution in [3.63, 3.8) is 0 Å². The molecule has 1 aromatic heterocycles. The highest BCUT2D eigenvalue weighted by Crippen LogP contribution is 2.32. The first-order chi connectivity index (χ1) is 6.77. The molecule has 0 saturated heterocycles. The van der Waals surface area contributed by atoms with Gasteiger partial charge in [0, 0.05) is 10.1 Å². The number of nitriles is 1. The van der Waals surface area contributed by atoms with Crippen molar-refractivity contribution in [3.8, 4) is 6.07 Å². The fourth-order valence-corrected chi connectivity index (χ4v) is 2.70. The number of fused-ring (bicyclic) bond motifs is 1. The molecule has 1 heterocycles. The molecule has 2 rings (SSSR count). The third-order valence-corrected chi connectivity index (χ3v) is 3.32. The van der Waals surface area contributed by atoms with E-state index in [0.29, 0.717) is 16.7 Å². The highest BCUT2D eigenvalue weighted by molar-refractivity contribution is 7.19. The number of benzene rings is 1. The molecular formula is C11H8FNS. The molecule has 1 nitrogen and oxygen atoms in total. The molecule has 0 aliphatic heterocycles. The Balaban J connectivity index is 2.90. The van der Waals surface area contributed by atoms with Gasteiger partial charge in [-0.15, -0.1) is 11.3 Å². The van der Waals surface area contributed by atoms with Crippen LogP contribution in [0.1, 0.15) is 17.4 Å². The third kappa shape index (κ3) is 1.19. The fourth-order valence-electron chi connectivity index (χ4n) is 1.59. The van der Waals surface area contributed by atoms with E-state index in [1.54, 1.807) is 6.07 Å². The summed E-state index contributed by atoms with van der Waals surface area (Å²) in [6, 6.07) is 7.08. The number of nitrogens with zero attached hydrogens (tertiary/aromatic N) is 1. The van der Waals surface area contributed by atoms with Crippen LogP contribution in [0.5, 0.6) is 0 Å². The number of rotatable bonds is 1. The molecule has 2 aromatic rings. The van der Waals surface area contributed by atoms with Crippen LogP contribution in [-0.4, -0.2) is 0 Å². The van der Waals surface area contributed by atoms with Gasteiger partial charge in [0.05, 0.1) is 0 Å². The Morgan fingerprint density at radius 1 is 1.50 bits per heavy atom. The minimum Gasteiger partial charge on any atom is -0.206 e. The van der Waals surface area contributed by atoms with Crippen LogP contribution < -0.4 is 0 Å². The highest BCUT2D eigenvalue weighted by atomic mass is 32.1. The lowest BCUT2D eigenvalue weighted by Crippen LogP contribution is -1.83. The first kappa shape index (κ1) is 9.17. The van der Waals surface area contributed by atoms with E-state index in [9.17, 15) is 4.39 Å². The molecular weight excluding hydrogens is 197 g/mol. The summed E-state index contributed by atoms with van der Waals surface area (Å²) < 4.78 is 14.3. The van der Waals surface area contributed by atoms with Crippen LogP contribution in [0.15, 0.2) is 18.2 Å². The molecule has 70 valence electrons. The first-order valence-corrected chi connectivity index (χ1v) is 5.19. The first-order valence-electron chi connectivity index (χ1n) is 4.38. The molecule has 0 spiro atoms. The largest absolute Gasteiger partial charge is 0.206 e. The molecule has 1 aromatic carbocycles.